The molecule has 130 valence electrons. The largest absolute Gasteiger partial charge is 0.497 e. The van der Waals surface area contributed by atoms with Gasteiger partial charge in [0.1, 0.15) is 5.75 Å². The monoisotopic (exact) mass is 379 g/mol. The van der Waals surface area contributed by atoms with Crippen LogP contribution in [0.2, 0.25) is 10.0 Å². The molecule has 6 nitrogen and oxygen atoms in total. The van der Waals surface area contributed by atoms with E-state index >= 15 is 0 Å². The molecule has 0 atom stereocenters. The first-order valence-electron chi connectivity index (χ1n) is 7.19. The molecule has 0 spiro atoms. The summed E-state index contributed by atoms with van der Waals surface area (Å²) in [5, 5.41) is 7.09. The lowest BCUT2D eigenvalue weighted by Gasteiger charge is -2.06. The third-order valence-electron chi connectivity index (χ3n) is 3.12. The average molecular weight is 380 g/mol. The summed E-state index contributed by atoms with van der Waals surface area (Å²) in [6.07, 6.45) is 1.34. The molecule has 0 aromatic heterocycles. The molecule has 0 saturated carbocycles. The maximum Gasteiger partial charge on any atom is 0.259 e. The molecule has 2 aromatic carbocycles. The van der Waals surface area contributed by atoms with Crippen molar-refractivity contribution in [3.05, 3.63) is 63.6 Å². The van der Waals surface area contributed by atoms with Gasteiger partial charge in [0.25, 0.3) is 11.8 Å². The van der Waals surface area contributed by atoms with Gasteiger partial charge in [0.05, 0.1) is 29.9 Å². The molecule has 0 bridgehead atoms. The molecule has 2 N–H and O–H groups in total. The van der Waals surface area contributed by atoms with E-state index in [2.05, 4.69) is 15.8 Å². The third kappa shape index (κ3) is 5.48. The Hall–Kier alpha value is -2.57. The Balaban J connectivity index is 1.86. The van der Waals surface area contributed by atoms with Gasteiger partial charge in [0, 0.05) is 11.1 Å². The van der Waals surface area contributed by atoms with Crippen LogP contribution in [0.5, 0.6) is 5.75 Å². The van der Waals surface area contributed by atoms with Gasteiger partial charge in [0.15, 0.2) is 0 Å². The quantitative estimate of drug-likeness (QED) is 0.598. The van der Waals surface area contributed by atoms with Crippen LogP contribution in [0.3, 0.4) is 0 Å². The fourth-order valence-electron chi connectivity index (χ4n) is 1.87. The van der Waals surface area contributed by atoms with E-state index in [4.69, 9.17) is 27.9 Å². The standard InChI is InChI=1S/C17H15Cl2N3O3/c1-25-12-5-2-4-11(8-12)17(24)20-10-16(23)22-21-9-13-14(18)6-3-7-15(13)19/h2-9H,10H2,1H3,(H,20,24)(H,22,23)/b21-9-. The van der Waals surface area contributed by atoms with E-state index < -0.39 is 11.8 Å². The Bertz CT molecular complexity index is 789. The smallest absolute Gasteiger partial charge is 0.259 e. The fraction of sp³-hybridized carbons (Fsp3) is 0.118. The predicted octanol–water partition coefficient (Wildman–Crippen LogP) is 2.88. The second-order valence-corrected chi connectivity index (χ2v) is 5.66. The minimum Gasteiger partial charge on any atom is -0.497 e. The molecule has 0 saturated heterocycles. The van der Waals surface area contributed by atoms with Crippen molar-refractivity contribution < 1.29 is 14.3 Å². The van der Waals surface area contributed by atoms with Gasteiger partial charge in [-0.2, -0.15) is 5.10 Å². The normalized spacial score (nSPS) is 10.5. The maximum absolute atomic E-state index is 12.0. The molecule has 25 heavy (non-hydrogen) atoms. The highest BCUT2D eigenvalue weighted by Crippen LogP contribution is 2.21. The highest BCUT2D eigenvalue weighted by atomic mass is 35.5. The minimum absolute atomic E-state index is 0.233. The van der Waals surface area contributed by atoms with E-state index in [1.54, 1.807) is 42.5 Å². The van der Waals surface area contributed by atoms with E-state index in [1.807, 2.05) is 0 Å². The number of amides is 2. The van der Waals surface area contributed by atoms with Gasteiger partial charge < -0.3 is 10.1 Å². The SMILES string of the molecule is COc1cccc(C(=O)NCC(=O)N/N=C\c2c(Cl)cccc2Cl)c1. The molecule has 2 aromatic rings. The van der Waals surface area contributed by atoms with E-state index in [0.717, 1.165) is 0 Å². The van der Waals surface area contributed by atoms with E-state index in [0.29, 0.717) is 26.9 Å². The van der Waals surface area contributed by atoms with Crippen molar-refractivity contribution in [3.8, 4) is 5.75 Å². The van der Waals surface area contributed by atoms with Gasteiger partial charge in [-0.1, -0.05) is 35.3 Å². The number of halogens is 2. The number of benzene rings is 2. The molecule has 0 aliphatic rings. The van der Waals surface area contributed by atoms with Crippen molar-refractivity contribution in [2.24, 2.45) is 5.10 Å². The summed E-state index contributed by atoms with van der Waals surface area (Å²) in [6.45, 7) is -0.233. The summed E-state index contributed by atoms with van der Waals surface area (Å²) >= 11 is 12.0. The van der Waals surface area contributed by atoms with Crippen LogP contribution in [0.15, 0.2) is 47.6 Å². The predicted molar refractivity (Wildman–Crippen MR) is 97.5 cm³/mol. The number of hydrazone groups is 1. The lowest BCUT2D eigenvalue weighted by molar-refractivity contribution is -0.120. The van der Waals surface area contributed by atoms with E-state index in [1.165, 1.54) is 13.3 Å². The van der Waals surface area contributed by atoms with Gasteiger partial charge in [-0.15, -0.1) is 0 Å². The number of hydrogen-bond donors (Lipinski definition) is 2. The van der Waals surface area contributed by atoms with Crippen LogP contribution in [0.4, 0.5) is 0 Å². The van der Waals surface area contributed by atoms with Crippen molar-refractivity contribution in [2.75, 3.05) is 13.7 Å². The molecule has 2 rings (SSSR count). The number of methoxy groups -OCH3 is 1. The molecule has 0 radical (unpaired) electrons. The first kappa shape index (κ1) is 18.8. The van der Waals surface area contributed by atoms with E-state index in [-0.39, 0.29) is 6.54 Å². The molecule has 0 heterocycles. The van der Waals surface area contributed by atoms with Crippen molar-refractivity contribution in [1.82, 2.24) is 10.7 Å². The van der Waals surface area contributed by atoms with Crippen LogP contribution in [-0.4, -0.2) is 31.7 Å². The van der Waals surface area contributed by atoms with Crippen LogP contribution in [0.1, 0.15) is 15.9 Å². The van der Waals surface area contributed by atoms with Crippen molar-refractivity contribution in [3.63, 3.8) is 0 Å². The summed E-state index contributed by atoms with van der Waals surface area (Å²) in [4.78, 5) is 23.7. The minimum atomic E-state index is -0.490. The van der Waals surface area contributed by atoms with Crippen LogP contribution in [-0.2, 0) is 4.79 Å². The van der Waals surface area contributed by atoms with Gasteiger partial charge in [-0.05, 0) is 30.3 Å². The number of rotatable bonds is 6. The fourth-order valence-corrected chi connectivity index (χ4v) is 2.36. The second kappa shape index (κ2) is 9.05. The summed E-state index contributed by atoms with van der Waals surface area (Å²) < 4.78 is 5.05. The first-order valence-corrected chi connectivity index (χ1v) is 7.95. The summed E-state index contributed by atoms with van der Waals surface area (Å²) in [7, 11) is 1.51. The van der Waals surface area contributed by atoms with Crippen LogP contribution in [0, 0.1) is 0 Å². The van der Waals surface area contributed by atoms with Crippen molar-refractivity contribution >= 4 is 41.2 Å². The van der Waals surface area contributed by atoms with Gasteiger partial charge in [-0.25, -0.2) is 5.43 Å². The number of nitrogens with one attached hydrogen (secondary N) is 2. The van der Waals surface area contributed by atoms with Gasteiger partial charge in [0.2, 0.25) is 0 Å². The Morgan fingerprint density at radius 3 is 2.52 bits per heavy atom. The summed E-state index contributed by atoms with van der Waals surface area (Å²) in [5.74, 6) is -0.332. The summed E-state index contributed by atoms with van der Waals surface area (Å²) in [5.41, 5.74) is 3.17. The molecule has 0 unspecified atom stereocenters. The first-order chi connectivity index (χ1) is 12.0. The third-order valence-corrected chi connectivity index (χ3v) is 3.78. The highest BCUT2D eigenvalue weighted by Gasteiger charge is 2.08. The Labute approximate surface area is 154 Å². The number of carbonyl (C=O) groups excluding carboxylic acids is 2. The summed E-state index contributed by atoms with van der Waals surface area (Å²) in [6, 6.07) is 11.6. The highest BCUT2D eigenvalue weighted by molar-refractivity contribution is 6.38. The lowest BCUT2D eigenvalue weighted by atomic mass is 10.2. The molecular formula is C17H15Cl2N3O3. The second-order valence-electron chi connectivity index (χ2n) is 4.84. The average Bonchev–Trinajstić information content (AvgIpc) is 2.62. The number of nitrogens with zero attached hydrogens (tertiary/aromatic N) is 1. The zero-order valence-electron chi connectivity index (χ0n) is 13.3. The number of ether oxygens (including phenoxy) is 1. The van der Waals surface area contributed by atoms with Crippen molar-refractivity contribution in [2.45, 2.75) is 0 Å². The Morgan fingerprint density at radius 2 is 1.84 bits per heavy atom. The molecule has 0 fully saturated rings. The topological polar surface area (TPSA) is 79.8 Å². The zero-order valence-corrected chi connectivity index (χ0v) is 14.8. The number of carbonyl (C=O) groups is 2. The van der Waals surface area contributed by atoms with Gasteiger partial charge >= 0.3 is 0 Å². The molecule has 2 amide bonds. The van der Waals surface area contributed by atoms with Crippen LogP contribution in [0.25, 0.3) is 0 Å². The molecule has 0 aliphatic carbocycles. The molecular weight excluding hydrogens is 365 g/mol. The van der Waals surface area contributed by atoms with Crippen LogP contribution >= 0.6 is 23.2 Å². The molecule has 8 heteroatoms. The zero-order chi connectivity index (χ0) is 18.2. The van der Waals surface area contributed by atoms with E-state index in [9.17, 15) is 9.59 Å². The number of hydrogen-bond acceptors (Lipinski definition) is 4. The lowest BCUT2D eigenvalue weighted by Crippen LogP contribution is -2.34. The Kier molecular flexibility index (Phi) is 6.80. The maximum atomic E-state index is 12.0. The van der Waals surface area contributed by atoms with Crippen molar-refractivity contribution in [1.29, 1.82) is 0 Å². The van der Waals surface area contributed by atoms with Gasteiger partial charge in [-0.3, -0.25) is 9.59 Å². The molecule has 0 aliphatic heterocycles. The Morgan fingerprint density at radius 1 is 1.16 bits per heavy atom. The van der Waals surface area contributed by atoms with Crippen LogP contribution < -0.4 is 15.5 Å².